The van der Waals surface area contributed by atoms with Gasteiger partial charge in [0.1, 0.15) is 16.5 Å². The van der Waals surface area contributed by atoms with E-state index < -0.39 is 0 Å². The zero-order chi connectivity index (χ0) is 14.1. The van der Waals surface area contributed by atoms with Crippen LogP contribution in [-0.2, 0) is 0 Å². The van der Waals surface area contributed by atoms with Gasteiger partial charge in [-0.25, -0.2) is 0 Å². The van der Waals surface area contributed by atoms with Crippen LogP contribution >= 0.6 is 23.2 Å². The summed E-state index contributed by atoms with van der Waals surface area (Å²) in [6.07, 6.45) is 0. The van der Waals surface area contributed by atoms with Gasteiger partial charge in [-0.15, -0.1) is 10.2 Å². The van der Waals surface area contributed by atoms with Crippen LogP contribution in [0.4, 0.5) is 0 Å². The number of ether oxygens (including phenoxy) is 1. The van der Waals surface area contributed by atoms with Crippen molar-refractivity contribution in [2.45, 2.75) is 0 Å². The van der Waals surface area contributed by atoms with Crippen molar-refractivity contribution in [2.24, 2.45) is 0 Å². The van der Waals surface area contributed by atoms with Crippen molar-refractivity contribution in [1.82, 2.24) is 15.4 Å². The Morgan fingerprint density at radius 3 is 2.45 bits per heavy atom. The fourth-order valence-electron chi connectivity index (χ4n) is 2.12. The third kappa shape index (κ3) is 2.07. The van der Waals surface area contributed by atoms with Crippen LogP contribution in [0.2, 0.25) is 10.2 Å². The molecule has 1 aromatic heterocycles. The molecule has 0 saturated heterocycles. The summed E-state index contributed by atoms with van der Waals surface area (Å²) in [6, 6.07) is 11.6. The summed E-state index contributed by atoms with van der Waals surface area (Å²) in [5.41, 5.74) is 1.34. The van der Waals surface area contributed by atoms with Crippen LogP contribution in [0.3, 0.4) is 0 Å². The van der Waals surface area contributed by atoms with Gasteiger partial charge in [0, 0.05) is 10.9 Å². The Morgan fingerprint density at radius 1 is 0.950 bits per heavy atom. The first-order valence-corrected chi connectivity index (χ1v) is 6.58. The Labute approximate surface area is 125 Å². The number of rotatable bonds is 2. The van der Waals surface area contributed by atoms with Gasteiger partial charge in [0.05, 0.1) is 7.11 Å². The summed E-state index contributed by atoms with van der Waals surface area (Å²) in [4.78, 5) is 0. The SMILES string of the molecule is COc1ccc(-c2nnnc(Cl)c2Cl)c2ccccc12. The van der Waals surface area contributed by atoms with Crippen molar-refractivity contribution in [3.8, 4) is 17.0 Å². The van der Waals surface area contributed by atoms with Gasteiger partial charge in [-0.3, -0.25) is 0 Å². The molecule has 0 aliphatic carbocycles. The normalized spacial score (nSPS) is 10.8. The smallest absolute Gasteiger partial charge is 0.174 e. The summed E-state index contributed by atoms with van der Waals surface area (Å²) in [7, 11) is 1.64. The molecule has 0 unspecified atom stereocenters. The van der Waals surface area contributed by atoms with Gasteiger partial charge in [0.2, 0.25) is 0 Å². The molecule has 0 N–H and O–H groups in total. The highest BCUT2D eigenvalue weighted by molar-refractivity contribution is 6.42. The predicted octanol–water partition coefficient (Wildman–Crippen LogP) is 4.01. The molecule has 0 bridgehead atoms. The Balaban J connectivity index is 2.35. The second-order valence-corrected chi connectivity index (χ2v) is 4.84. The highest BCUT2D eigenvalue weighted by atomic mass is 35.5. The number of methoxy groups -OCH3 is 1. The van der Waals surface area contributed by atoms with E-state index in [1.807, 2.05) is 36.4 Å². The number of halogens is 2. The first-order chi connectivity index (χ1) is 9.72. The van der Waals surface area contributed by atoms with Gasteiger partial charge in [-0.2, -0.15) is 0 Å². The quantitative estimate of drug-likeness (QED) is 0.718. The second-order valence-electron chi connectivity index (χ2n) is 4.10. The maximum atomic E-state index is 6.17. The minimum absolute atomic E-state index is 0.136. The molecule has 4 nitrogen and oxygen atoms in total. The minimum atomic E-state index is 0.136. The Kier molecular flexibility index (Phi) is 3.42. The molecule has 0 atom stereocenters. The number of aromatic nitrogens is 3. The molecule has 0 aliphatic rings. The molecule has 0 amide bonds. The van der Waals surface area contributed by atoms with E-state index in [2.05, 4.69) is 15.4 Å². The molecule has 0 saturated carbocycles. The molecule has 3 rings (SSSR count). The largest absolute Gasteiger partial charge is 0.496 e. The standard InChI is InChI=1S/C14H9Cl2N3O/c1-20-11-7-6-10(8-4-2-3-5-9(8)11)13-12(15)14(16)18-19-17-13/h2-7H,1H3. The first kappa shape index (κ1) is 13.1. The van der Waals surface area contributed by atoms with E-state index in [0.29, 0.717) is 5.69 Å². The molecule has 0 spiro atoms. The Morgan fingerprint density at radius 2 is 1.70 bits per heavy atom. The van der Waals surface area contributed by atoms with Gasteiger partial charge in [-0.05, 0) is 22.7 Å². The highest BCUT2D eigenvalue weighted by Crippen LogP contribution is 2.37. The van der Waals surface area contributed by atoms with Crippen LogP contribution < -0.4 is 4.74 Å². The van der Waals surface area contributed by atoms with Crippen molar-refractivity contribution >= 4 is 34.0 Å². The van der Waals surface area contributed by atoms with Crippen LogP contribution in [0, 0.1) is 0 Å². The van der Waals surface area contributed by atoms with Crippen molar-refractivity contribution in [1.29, 1.82) is 0 Å². The monoisotopic (exact) mass is 305 g/mol. The number of benzene rings is 2. The van der Waals surface area contributed by atoms with Crippen molar-refractivity contribution in [3.63, 3.8) is 0 Å². The Bertz CT molecular complexity index is 792. The van der Waals surface area contributed by atoms with Crippen LogP contribution in [0.25, 0.3) is 22.0 Å². The van der Waals surface area contributed by atoms with Crippen LogP contribution in [0.5, 0.6) is 5.75 Å². The number of hydrogen-bond acceptors (Lipinski definition) is 4. The number of fused-ring (bicyclic) bond motifs is 1. The van der Waals surface area contributed by atoms with Crippen molar-refractivity contribution < 1.29 is 4.74 Å². The first-order valence-electron chi connectivity index (χ1n) is 5.83. The minimum Gasteiger partial charge on any atom is -0.496 e. The lowest BCUT2D eigenvalue weighted by Crippen LogP contribution is -1.95. The average Bonchev–Trinajstić information content (AvgIpc) is 2.49. The zero-order valence-electron chi connectivity index (χ0n) is 10.5. The van der Waals surface area contributed by atoms with E-state index in [1.165, 1.54) is 0 Å². The molecule has 0 fully saturated rings. The lowest BCUT2D eigenvalue weighted by Gasteiger charge is -2.10. The summed E-state index contributed by atoms with van der Waals surface area (Å²) in [5, 5.41) is 13.6. The average molecular weight is 306 g/mol. The maximum Gasteiger partial charge on any atom is 0.174 e. The van der Waals surface area contributed by atoms with Gasteiger partial charge in [0.15, 0.2) is 5.15 Å². The van der Waals surface area contributed by atoms with Gasteiger partial charge in [0.25, 0.3) is 0 Å². The summed E-state index contributed by atoms with van der Waals surface area (Å²) >= 11 is 12.1. The van der Waals surface area contributed by atoms with E-state index in [-0.39, 0.29) is 10.2 Å². The van der Waals surface area contributed by atoms with Crippen molar-refractivity contribution in [2.75, 3.05) is 7.11 Å². The van der Waals surface area contributed by atoms with Crippen molar-refractivity contribution in [3.05, 3.63) is 46.6 Å². The second kappa shape index (κ2) is 5.23. The molecule has 20 heavy (non-hydrogen) atoms. The molecule has 0 aliphatic heterocycles. The lowest BCUT2D eigenvalue weighted by molar-refractivity contribution is 0.420. The highest BCUT2D eigenvalue weighted by Gasteiger charge is 2.15. The summed E-state index contributed by atoms with van der Waals surface area (Å²) in [6.45, 7) is 0. The molecular weight excluding hydrogens is 297 g/mol. The number of nitrogens with zero attached hydrogens (tertiary/aromatic N) is 3. The van der Waals surface area contributed by atoms with Gasteiger partial charge >= 0.3 is 0 Å². The molecule has 2 aromatic carbocycles. The van der Waals surface area contributed by atoms with Crippen LogP contribution in [-0.4, -0.2) is 22.5 Å². The molecule has 6 heteroatoms. The van der Waals surface area contributed by atoms with Gasteiger partial charge in [-0.1, -0.05) is 47.5 Å². The summed E-state index contributed by atoms with van der Waals surface area (Å²) in [5.74, 6) is 0.786. The van der Waals surface area contributed by atoms with Crippen LogP contribution in [0.15, 0.2) is 36.4 Å². The third-order valence-electron chi connectivity index (χ3n) is 3.03. The van der Waals surface area contributed by atoms with E-state index in [1.54, 1.807) is 7.11 Å². The van der Waals surface area contributed by atoms with E-state index in [4.69, 9.17) is 27.9 Å². The molecule has 1 heterocycles. The van der Waals surface area contributed by atoms with E-state index in [0.717, 1.165) is 22.1 Å². The molecule has 0 radical (unpaired) electrons. The predicted molar refractivity (Wildman–Crippen MR) is 79.3 cm³/mol. The molecule has 100 valence electrons. The van der Waals surface area contributed by atoms with E-state index >= 15 is 0 Å². The van der Waals surface area contributed by atoms with Gasteiger partial charge < -0.3 is 4.74 Å². The Hall–Kier alpha value is -1.91. The zero-order valence-corrected chi connectivity index (χ0v) is 12.0. The summed E-state index contributed by atoms with van der Waals surface area (Å²) < 4.78 is 5.36. The van der Waals surface area contributed by atoms with Crippen LogP contribution in [0.1, 0.15) is 0 Å². The number of hydrogen-bond donors (Lipinski definition) is 0. The van der Waals surface area contributed by atoms with E-state index in [9.17, 15) is 0 Å². The molecule has 3 aromatic rings. The topological polar surface area (TPSA) is 47.9 Å². The fraction of sp³-hybridized carbons (Fsp3) is 0.0714. The maximum absolute atomic E-state index is 6.17. The molecular formula is C14H9Cl2N3O. The lowest BCUT2D eigenvalue weighted by atomic mass is 10.0. The fourth-order valence-corrected chi connectivity index (χ4v) is 2.42. The third-order valence-corrected chi connectivity index (χ3v) is 3.74.